The zero-order valence-corrected chi connectivity index (χ0v) is 19.1. The number of hydrogen-bond donors (Lipinski definition) is 2. The van der Waals surface area contributed by atoms with Gasteiger partial charge in [-0.15, -0.1) is 17.3 Å². The molecule has 0 saturated carbocycles. The first-order chi connectivity index (χ1) is 15.7. The summed E-state index contributed by atoms with van der Waals surface area (Å²) in [7, 11) is 0. The van der Waals surface area contributed by atoms with E-state index in [1.54, 1.807) is 11.3 Å². The Morgan fingerprint density at radius 3 is 2.72 bits per heavy atom. The molecule has 2 N–H and O–H groups in total. The molecule has 3 atom stereocenters. The number of ether oxygens (including phenoxy) is 1. The molecule has 32 heavy (non-hydrogen) atoms. The maximum Gasteiger partial charge on any atom is 0.225 e. The van der Waals surface area contributed by atoms with Crippen LogP contribution in [-0.4, -0.2) is 52.3 Å². The lowest BCUT2D eigenvalue weighted by atomic mass is 10.1. The van der Waals surface area contributed by atoms with Crippen LogP contribution in [0.25, 0.3) is 0 Å². The highest BCUT2D eigenvalue weighted by Gasteiger charge is 2.35. The summed E-state index contributed by atoms with van der Waals surface area (Å²) < 4.78 is 6.06. The van der Waals surface area contributed by atoms with Gasteiger partial charge in [0.05, 0.1) is 16.8 Å². The van der Waals surface area contributed by atoms with E-state index in [4.69, 9.17) is 9.73 Å². The Labute approximate surface area is 192 Å². The van der Waals surface area contributed by atoms with E-state index >= 15 is 0 Å². The number of rotatable bonds is 7. The molecule has 0 aliphatic carbocycles. The predicted molar refractivity (Wildman–Crippen MR) is 129 cm³/mol. The van der Waals surface area contributed by atoms with Crippen molar-refractivity contribution in [3.63, 3.8) is 0 Å². The fraction of sp³-hybridized carbons (Fsp3) is 0.455. The predicted octanol–water partition coefficient (Wildman–Crippen LogP) is 2.62. The van der Waals surface area contributed by atoms with Gasteiger partial charge in [-0.25, -0.2) is 20.5 Å². The lowest BCUT2D eigenvalue weighted by Gasteiger charge is -2.16. The van der Waals surface area contributed by atoms with Gasteiger partial charge in [-0.05, 0) is 42.7 Å². The number of anilines is 2. The van der Waals surface area contributed by atoms with Crippen LogP contribution < -0.4 is 25.7 Å². The average molecular weight is 453 g/mol. The van der Waals surface area contributed by atoms with Crippen LogP contribution in [0.2, 0.25) is 0 Å². The molecular weight excluding hydrogens is 424 g/mol. The van der Waals surface area contributed by atoms with E-state index < -0.39 is 0 Å². The van der Waals surface area contributed by atoms with Crippen molar-refractivity contribution < 1.29 is 4.74 Å². The second-order valence-corrected chi connectivity index (χ2v) is 9.57. The van der Waals surface area contributed by atoms with Gasteiger partial charge >= 0.3 is 0 Å². The number of hydrazine groups is 2. The van der Waals surface area contributed by atoms with E-state index in [0.717, 1.165) is 43.3 Å². The highest BCUT2D eigenvalue weighted by molar-refractivity contribution is 8.14. The molecule has 0 radical (unpaired) electrons. The Morgan fingerprint density at radius 2 is 2.00 bits per heavy atom. The van der Waals surface area contributed by atoms with Crippen LogP contribution in [0, 0.1) is 5.92 Å². The highest BCUT2D eigenvalue weighted by atomic mass is 32.2. The number of aliphatic imine (C=N–C) groups is 1. The maximum absolute atomic E-state index is 6.06. The molecule has 1 fully saturated rings. The third kappa shape index (κ3) is 4.51. The van der Waals surface area contributed by atoms with Crippen LogP contribution in [0.15, 0.2) is 46.8 Å². The fourth-order valence-corrected chi connectivity index (χ4v) is 5.25. The molecule has 0 spiro atoms. The van der Waals surface area contributed by atoms with Crippen molar-refractivity contribution in [2.24, 2.45) is 16.0 Å². The van der Waals surface area contributed by atoms with Crippen molar-refractivity contribution in [1.82, 2.24) is 21.0 Å². The van der Waals surface area contributed by atoms with Crippen LogP contribution in [-0.2, 0) is 6.42 Å². The first-order valence-corrected chi connectivity index (χ1v) is 11.9. The molecule has 3 unspecified atom stereocenters. The van der Waals surface area contributed by atoms with E-state index in [1.165, 1.54) is 10.6 Å². The van der Waals surface area contributed by atoms with Gasteiger partial charge in [0, 0.05) is 36.7 Å². The van der Waals surface area contributed by atoms with Gasteiger partial charge in [-0.3, -0.25) is 4.99 Å². The molecule has 9 nitrogen and oxygen atoms in total. The first-order valence-electron chi connectivity index (χ1n) is 11.1. The molecule has 5 rings (SSSR count). The molecule has 1 saturated heterocycles. The molecular formula is C22H28N8OS. The smallest absolute Gasteiger partial charge is 0.225 e. The van der Waals surface area contributed by atoms with Crippen molar-refractivity contribution in [3.05, 3.63) is 42.2 Å². The Balaban J connectivity index is 1.16. The van der Waals surface area contributed by atoms with Crippen LogP contribution in [0.5, 0.6) is 5.75 Å². The number of benzene rings is 1. The second kappa shape index (κ2) is 9.33. The third-order valence-corrected chi connectivity index (χ3v) is 7.37. The molecule has 2 aromatic rings. The van der Waals surface area contributed by atoms with Crippen molar-refractivity contribution in [3.8, 4) is 5.75 Å². The van der Waals surface area contributed by atoms with Crippen molar-refractivity contribution >= 4 is 34.8 Å². The molecule has 3 aliphatic rings. The molecule has 4 heterocycles. The minimum Gasteiger partial charge on any atom is -0.491 e. The second-order valence-electron chi connectivity index (χ2n) is 8.18. The van der Waals surface area contributed by atoms with Crippen LogP contribution in [0.1, 0.15) is 25.8 Å². The largest absolute Gasteiger partial charge is 0.491 e. The Bertz CT molecular complexity index is 980. The van der Waals surface area contributed by atoms with Crippen LogP contribution in [0.4, 0.5) is 11.6 Å². The first kappa shape index (κ1) is 21.0. The van der Waals surface area contributed by atoms with E-state index in [1.807, 2.05) is 48.4 Å². The molecule has 10 heteroatoms. The van der Waals surface area contributed by atoms with Gasteiger partial charge in [0.15, 0.2) is 0 Å². The number of nitrogens with zero attached hydrogens (tertiary/aromatic N) is 6. The average Bonchev–Trinajstić information content (AvgIpc) is 3.59. The van der Waals surface area contributed by atoms with E-state index in [-0.39, 0.29) is 6.04 Å². The minimum absolute atomic E-state index is 0.167. The molecule has 0 bridgehead atoms. The lowest BCUT2D eigenvalue weighted by molar-refractivity contribution is 0.290. The fourth-order valence-electron chi connectivity index (χ4n) is 3.99. The number of nitrogens with one attached hydrogen (secondary N) is 2. The van der Waals surface area contributed by atoms with Gasteiger partial charge in [0.25, 0.3) is 0 Å². The minimum atomic E-state index is 0.167. The zero-order valence-electron chi connectivity index (χ0n) is 18.3. The summed E-state index contributed by atoms with van der Waals surface area (Å²) >= 11 is 1.89. The molecule has 1 aromatic carbocycles. The van der Waals surface area contributed by atoms with Crippen molar-refractivity contribution in [1.29, 1.82) is 0 Å². The highest BCUT2D eigenvalue weighted by Crippen LogP contribution is 2.35. The summed E-state index contributed by atoms with van der Waals surface area (Å²) in [6.45, 7) is 6.85. The molecule has 1 aromatic heterocycles. The quantitative estimate of drug-likeness (QED) is 0.663. The number of aromatic nitrogens is 2. The monoisotopic (exact) mass is 452 g/mol. The summed E-state index contributed by atoms with van der Waals surface area (Å²) in [5, 5.41) is 7.37. The standard InChI is InChI=1S/C22H28N8OS/c1-3-16-10-23-22(24-11-16)29-9-8-17(12-29)21-26-20(15(2)32-21)13-31-19-6-4-18(5-7-19)30-14-25-27-28-30/h4-7,10-11,14-15,17,20,27-28H,3,8-9,12-13H2,1-2H3. The number of hydrazone groups is 1. The number of thioether (sulfide) groups is 1. The van der Waals surface area contributed by atoms with Gasteiger partial charge < -0.3 is 9.64 Å². The van der Waals surface area contributed by atoms with E-state index in [0.29, 0.717) is 17.8 Å². The van der Waals surface area contributed by atoms with Gasteiger partial charge in [0.1, 0.15) is 18.7 Å². The Kier molecular flexibility index (Phi) is 6.13. The van der Waals surface area contributed by atoms with Gasteiger partial charge in [-0.2, -0.15) is 5.10 Å². The lowest BCUT2D eigenvalue weighted by Crippen LogP contribution is -2.37. The summed E-state index contributed by atoms with van der Waals surface area (Å²) in [5.41, 5.74) is 7.75. The normalized spacial score (nSPS) is 24.7. The van der Waals surface area contributed by atoms with Crippen LogP contribution >= 0.6 is 11.8 Å². The van der Waals surface area contributed by atoms with Crippen molar-refractivity contribution in [2.75, 3.05) is 29.6 Å². The van der Waals surface area contributed by atoms with E-state index in [2.05, 4.69) is 44.9 Å². The molecule has 3 aliphatic heterocycles. The SMILES string of the molecule is CCc1cnc(N2CCC(C3=NC(COc4ccc(N5C=NNN5)cc4)C(C)S3)C2)nc1. The Hall–Kier alpha value is -2.85. The van der Waals surface area contributed by atoms with Gasteiger partial charge in [0.2, 0.25) is 5.95 Å². The van der Waals surface area contributed by atoms with Gasteiger partial charge in [-0.1, -0.05) is 13.8 Å². The van der Waals surface area contributed by atoms with E-state index in [9.17, 15) is 0 Å². The number of hydrogen-bond acceptors (Lipinski definition) is 10. The maximum atomic E-state index is 6.06. The Morgan fingerprint density at radius 1 is 1.19 bits per heavy atom. The topological polar surface area (TPSA) is 90.3 Å². The number of aryl methyl sites for hydroxylation is 1. The zero-order chi connectivity index (χ0) is 21.9. The summed E-state index contributed by atoms with van der Waals surface area (Å²) in [5.74, 6) is 2.12. The third-order valence-electron chi connectivity index (χ3n) is 6.01. The molecule has 0 amide bonds. The van der Waals surface area contributed by atoms with Crippen molar-refractivity contribution in [2.45, 2.75) is 38.0 Å². The van der Waals surface area contributed by atoms with Crippen LogP contribution in [0.3, 0.4) is 0 Å². The summed E-state index contributed by atoms with van der Waals surface area (Å²) in [6, 6.07) is 8.09. The summed E-state index contributed by atoms with van der Waals surface area (Å²) in [4.78, 5) is 16.4. The summed E-state index contributed by atoms with van der Waals surface area (Å²) in [6.07, 6.45) is 7.61. The molecule has 168 valence electrons.